The molecule has 0 aliphatic carbocycles. The maximum absolute atomic E-state index is 10.7. The van der Waals surface area contributed by atoms with Gasteiger partial charge in [0.1, 0.15) is 0 Å². The standard InChI is InChI=1S/C35H72N2O/c1-2-3-33-37-34-31-29-27-25-23-21-19-17-15-13-11-9-7-5-4-6-8-10-12-14-16-18-20-22-24-26-28-30-32-35(36)38/h37H,2-34H2,1H3,(H2,36,38). The fraction of sp³-hybridized carbons (Fsp3) is 0.971. The first-order valence-electron chi connectivity index (χ1n) is 17.8. The van der Waals surface area contributed by atoms with Crippen molar-refractivity contribution in [3.8, 4) is 0 Å². The molecule has 3 N–H and O–H groups in total. The highest BCUT2D eigenvalue weighted by Crippen LogP contribution is 2.16. The minimum Gasteiger partial charge on any atom is -0.370 e. The molecule has 0 radical (unpaired) electrons. The van der Waals surface area contributed by atoms with E-state index in [2.05, 4.69) is 12.2 Å². The molecule has 0 saturated carbocycles. The van der Waals surface area contributed by atoms with Crippen molar-refractivity contribution < 1.29 is 4.79 Å². The molecular weight excluding hydrogens is 464 g/mol. The molecule has 0 spiro atoms. The van der Waals surface area contributed by atoms with Crippen LogP contribution in [0.3, 0.4) is 0 Å². The molecule has 0 aromatic carbocycles. The van der Waals surface area contributed by atoms with Gasteiger partial charge in [-0.05, 0) is 32.4 Å². The zero-order chi connectivity index (χ0) is 27.6. The Kier molecular flexibility index (Phi) is 33.9. The van der Waals surface area contributed by atoms with Gasteiger partial charge in [-0.15, -0.1) is 0 Å². The van der Waals surface area contributed by atoms with Crippen LogP contribution in [0.2, 0.25) is 0 Å². The Labute approximate surface area is 240 Å². The van der Waals surface area contributed by atoms with Crippen LogP contribution >= 0.6 is 0 Å². The van der Waals surface area contributed by atoms with Crippen molar-refractivity contribution in [3.05, 3.63) is 0 Å². The van der Waals surface area contributed by atoms with Crippen molar-refractivity contribution in [2.75, 3.05) is 13.1 Å². The summed E-state index contributed by atoms with van der Waals surface area (Å²) in [5, 5.41) is 3.55. The predicted octanol–water partition coefficient (Wildman–Crippen LogP) is 11.2. The topological polar surface area (TPSA) is 55.1 Å². The monoisotopic (exact) mass is 537 g/mol. The molecule has 0 heterocycles. The molecule has 0 rings (SSSR count). The molecule has 38 heavy (non-hydrogen) atoms. The molecule has 0 aliphatic rings. The van der Waals surface area contributed by atoms with E-state index in [1.807, 2.05) is 0 Å². The number of primary amides is 1. The fourth-order valence-electron chi connectivity index (χ4n) is 5.57. The van der Waals surface area contributed by atoms with Crippen molar-refractivity contribution in [1.82, 2.24) is 5.32 Å². The number of hydrogen-bond acceptors (Lipinski definition) is 2. The summed E-state index contributed by atoms with van der Waals surface area (Å²) < 4.78 is 0. The molecule has 0 atom stereocenters. The van der Waals surface area contributed by atoms with Gasteiger partial charge in [0.15, 0.2) is 0 Å². The first kappa shape index (κ1) is 37.4. The third kappa shape index (κ3) is 35.4. The van der Waals surface area contributed by atoms with Crippen molar-refractivity contribution in [2.24, 2.45) is 5.73 Å². The van der Waals surface area contributed by atoms with Crippen LogP contribution in [0.15, 0.2) is 0 Å². The lowest BCUT2D eigenvalue weighted by molar-refractivity contribution is -0.118. The number of rotatable bonds is 34. The molecule has 0 aromatic heterocycles. The van der Waals surface area contributed by atoms with E-state index in [-0.39, 0.29) is 5.91 Å². The average molecular weight is 537 g/mol. The number of unbranched alkanes of at least 4 members (excludes halogenated alkanes) is 28. The van der Waals surface area contributed by atoms with Crippen LogP contribution in [0.5, 0.6) is 0 Å². The summed E-state index contributed by atoms with van der Waals surface area (Å²) in [7, 11) is 0. The Morgan fingerprint density at radius 1 is 0.395 bits per heavy atom. The van der Waals surface area contributed by atoms with Gasteiger partial charge in [0.2, 0.25) is 5.91 Å². The number of amides is 1. The van der Waals surface area contributed by atoms with Crippen LogP contribution in [0.25, 0.3) is 0 Å². The van der Waals surface area contributed by atoms with Gasteiger partial charge in [0, 0.05) is 6.42 Å². The lowest BCUT2D eigenvalue weighted by Crippen LogP contribution is -2.16. The molecule has 0 saturated heterocycles. The van der Waals surface area contributed by atoms with Crippen molar-refractivity contribution in [3.63, 3.8) is 0 Å². The summed E-state index contributed by atoms with van der Waals surface area (Å²) in [5.41, 5.74) is 5.17. The lowest BCUT2D eigenvalue weighted by atomic mass is 10.0. The Bertz CT molecular complexity index is 440. The van der Waals surface area contributed by atoms with Crippen LogP contribution < -0.4 is 11.1 Å². The quantitative estimate of drug-likeness (QED) is 0.0803. The fourth-order valence-corrected chi connectivity index (χ4v) is 5.57. The normalized spacial score (nSPS) is 11.4. The highest BCUT2D eigenvalue weighted by molar-refractivity contribution is 5.73. The van der Waals surface area contributed by atoms with E-state index in [1.165, 1.54) is 199 Å². The summed E-state index contributed by atoms with van der Waals surface area (Å²) in [5.74, 6) is -0.148. The van der Waals surface area contributed by atoms with E-state index < -0.39 is 0 Å². The predicted molar refractivity (Wildman–Crippen MR) is 171 cm³/mol. The largest absolute Gasteiger partial charge is 0.370 e. The summed E-state index contributed by atoms with van der Waals surface area (Å²) in [6.45, 7) is 4.70. The molecular formula is C35H72N2O. The van der Waals surface area contributed by atoms with Crippen LogP contribution in [0, 0.1) is 0 Å². The molecule has 0 fully saturated rings. The maximum atomic E-state index is 10.7. The number of nitrogens with one attached hydrogen (secondary N) is 1. The van der Waals surface area contributed by atoms with Gasteiger partial charge in [-0.3, -0.25) is 4.79 Å². The first-order valence-corrected chi connectivity index (χ1v) is 17.8. The van der Waals surface area contributed by atoms with E-state index in [1.54, 1.807) is 0 Å². The Balaban J connectivity index is 3.02. The van der Waals surface area contributed by atoms with Crippen LogP contribution in [0.4, 0.5) is 0 Å². The molecule has 1 amide bonds. The average Bonchev–Trinajstić information content (AvgIpc) is 2.91. The Morgan fingerprint density at radius 3 is 0.895 bits per heavy atom. The van der Waals surface area contributed by atoms with E-state index in [9.17, 15) is 4.79 Å². The summed E-state index contributed by atoms with van der Waals surface area (Å²) in [4.78, 5) is 10.7. The molecule has 0 bridgehead atoms. The molecule has 0 aliphatic heterocycles. The summed E-state index contributed by atoms with van der Waals surface area (Å²) >= 11 is 0. The van der Waals surface area contributed by atoms with Crippen molar-refractivity contribution >= 4 is 5.91 Å². The second kappa shape index (κ2) is 34.5. The molecule has 0 aromatic rings. The SMILES string of the molecule is CCCCNCCCCCCCCCCCCCCCCCCCCCCCCCCCCCCC(N)=O. The lowest BCUT2D eigenvalue weighted by Gasteiger charge is -2.05. The third-order valence-electron chi connectivity index (χ3n) is 8.23. The number of nitrogens with two attached hydrogens (primary N) is 1. The van der Waals surface area contributed by atoms with Crippen LogP contribution in [0.1, 0.15) is 206 Å². The zero-order valence-electron chi connectivity index (χ0n) is 26.3. The van der Waals surface area contributed by atoms with Gasteiger partial charge in [-0.1, -0.05) is 180 Å². The van der Waals surface area contributed by atoms with E-state index in [0.717, 1.165) is 6.42 Å². The highest BCUT2D eigenvalue weighted by atomic mass is 16.1. The molecule has 3 heteroatoms. The van der Waals surface area contributed by atoms with Gasteiger partial charge in [0.05, 0.1) is 0 Å². The van der Waals surface area contributed by atoms with E-state index in [0.29, 0.717) is 6.42 Å². The maximum Gasteiger partial charge on any atom is 0.217 e. The molecule has 228 valence electrons. The Morgan fingerprint density at radius 2 is 0.632 bits per heavy atom. The molecule has 3 nitrogen and oxygen atoms in total. The summed E-state index contributed by atoms with van der Waals surface area (Å²) in [6.07, 6.45) is 42.7. The smallest absolute Gasteiger partial charge is 0.217 e. The molecule has 0 unspecified atom stereocenters. The van der Waals surface area contributed by atoms with Gasteiger partial charge >= 0.3 is 0 Å². The second-order valence-electron chi connectivity index (χ2n) is 12.2. The number of carbonyl (C=O) groups excluding carboxylic acids is 1. The first-order chi connectivity index (χ1) is 18.8. The summed E-state index contributed by atoms with van der Waals surface area (Å²) in [6, 6.07) is 0. The van der Waals surface area contributed by atoms with E-state index in [4.69, 9.17) is 5.73 Å². The van der Waals surface area contributed by atoms with Crippen molar-refractivity contribution in [2.45, 2.75) is 206 Å². The Hall–Kier alpha value is -0.570. The number of hydrogen-bond donors (Lipinski definition) is 2. The highest BCUT2D eigenvalue weighted by Gasteiger charge is 1.98. The van der Waals surface area contributed by atoms with E-state index >= 15 is 0 Å². The van der Waals surface area contributed by atoms with Gasteiger partial charge in [0.25, 0.3) is 0 Å². The minimum atomic E-state index is -0.148. The van der Waals surface area contributed by atoms with Crippen LogP contribution in [-0.2, 0) is 4.79 Å². The van der Waals surface area contributed by atoms with Crippen LogP contribution in [-0.4, -0.2) is 19.0 Å². The van der Waals surface area contributed by atoms with Gasteiger partial charge < -0.3 is 11.1 Å². The van der Waals surface area contributed by atoms with Crippen molar-refractivity contribution in [1.29, 1.82) is 0 Å². The minimum absolute atomic E-state index is 0.148. The second-order valence-corrected chi connectivity index (χ2v) is 12.2. The zero-order valence-corrected chi connectivity index (χ0v) is 26.3. The number of carbonyl (C=O) groups is 1. The van der Waals surface area contributed by atoms with Gasteiger partial charge in [-0.2, -0.15) is 0 Å². The third-order valence-corrected chi connectivity index (χ3v) is 8.23. The van der Waals surface area contributed by atoms with Gasteiger partial charge in [-0.25, -0.2) is 0 Å².